The highest BCUT2D eigenvalue weighted by atomic mass is 16.6. The highest BCUT2D eigenvalue weighted by Crippen LogP contribution is 2.34. The van der Waals surface area contributed by atoms with E-state index >= 15 is 0 Å². The lowest BCUT2D eigenvalue weighted by molar-refractivity contribution is -0.145. The van der Waals surface area contributed by atoms with Crippen LogP contribution in [-0.4, -0.2) is 36.2 Å². The van der Waals surface area contributed by atoms with Gasteiger partial charge in [0.1, 0.15) is 13.2 Å². The summed E-state index contributed by atoms with van der Waals surface area (Å²) in [4.78, 5) is 22.9. The number of benzene rings is 1. The van der Waals surface area contributed by atoms with E-state index in [1.807, 2.05) is 0 Å². The molecule has 1 aromatic rings. The van der Waals surface area contributed by atoms with Crippen molar-refractivity contribution >= 4 is 11.9 Å². The lowest BCUT2D eigenvalue weighted by Crippen LogP contribution is -2.46. The first kappa shape index (κ1) is 12.8. The summed E-state index contributed by atoms with van der Waals surface area (Å²) in [7, 11) is 0. The number of nitrogens with one attached hydrogen (secondary N) is 1. The molecule has 0 bridgehead atoms. The minimum atomic E-state index is -0.802. The zero-order valence-corrected chi connectivity index (χ0v) is 10.8. The van der Waals surface area contributed by atoms with Crippen molar-refractivity contribution in [3.05, 3.63) is 23.8 Å². The van der Waals surface area contributed by atoms with Crippen LogP contribution in [0.5, 0.6) is 11.5 Å². The highest BCUT2D eigenvalue weighted by Gasteiger charge is 2.36. The van der Waals surface area contributed by atoms with Crippen LogP contribution in [-0.2, 0) is 4.79 Å². The molecule has 1 aliphatic carbocycles. The average Bonchev–Trinajstić information content (AvgIpc) is 2.41. The molecule has 2 N–H and O–H groups in total. The maximum atomic E-state index is 12.2. The first-order valence-corrected chi connectivity index (χ1v) is 6.57. The summed E-state index contributed by atoms with van der Waals surface area (Å²) in [6.07, 6.45) is 0.959. The standard InChI is InChI=1S/C14H15NO5/c16-13(15-9-6-8(7-9)14(17)18)10-2-1-3-11-12(10)20-5-4-19-11/h1-3,8-9H,4-7H2,(H,15,16)(H,17,18). The number of rotatable bonds is 3. The zero-order valence-electron chi connectivity index (χ0n) is 10.8. The van der Waals surface area contributed by atoms with Gasteiger partial charge in [-0.2, -0.15) is 0 Å². The third-order valence-electron chi connectivity index (χ3n) is 3.63. The molecule has 2 aliphatic rings. The Kier molecular flexibility index (Phi) is 3.22. The Morgan fingerprint density at radius 3 is 2.70 bits per heavy atom. The number of amides is 1. The first-order chi connectivity index (χ1) is 9.65. The van der Waals surface area contributed by atoms with E-state index in [4.69, 9.17) is 14.6 Å². The summed E-state index contributed by atoms with van der Waals surface area (Å²) in [5, 5.41) is 11.6. The third kappa shape index (κ3) is 2.29. The van der Waals surface area contributed by atoms with Crippen molar-refractivity contribution in [2.75, 3.05) is 13.2 Å². The minimum absolute atomic E-state index is 0.0797. The van der Waals surface area contributed by atoms with Crippen molar-refractivity contribution in [3.8, 4) is 11.5 Å². The molecular formula is C14H15NO5. The number of aliphatic carboxylic acids is 1. The van der Waals surface area contributed by atoms with Gasteiger partial charge in [0.2, 0.25) is 0 Å². The maximum Gasteiger partial charge on any atom is 0.306 e. The van der Waals surface area contributed by atoms with Crippen LogP contribution in [0.4, 0.5) is 0 Å². The normalized spacial score (nSPS) is 23.6. The van der Waals surface area contributed by atoms with E-state index in [9.17, 15) is 9.59 Å². The van der Waals surface area contributed by atoms with Gasteiger partial charge in [-0.3, -0.25) is 9.59 Å². The van der Waals surface area contributed by atoms with Gasteiger partial charge in [-0.25, -0.2) is 0 Å². The molecule has 0 saturated heterocycles. The van der Waals surface area contributed by atoms with Gasteiger partial charge in [-0.1, -0.05) is 6.07 Å². The van der Waals surface area contributed by atoms with Crippen LogP contribution >= 0.6 is 0 Å². The first-order valence-electron chi connectivity index (χ1n) is 6.57. The molecule has 0 atom stereocenters. The molecule has 1 heterocycles. The van der Waals surface area contributed by atoms with Gasteiger partial charge in [-0.05, 0) is 25.0 Å². The fraction of sp³-hybridized carbons (Fsp3) is 0.429. The molecule has 20 heavy (non-hydrogen) atoms. The molecule has 1 fully saturated rings. The van der Waals surface area contributed by atoms with Crippen molar-refractivity contribution in [1.29, 1.82) is 0 Å². The molecule has 0 aromatic heterocycles. The fourth-order valence-corrected chi connectivity index (χ4v) is 2.45. The Balaban J connectivity index is 1.68. The third-order valence-corrected chi connectivity index (χ3v) is 3.63. The molecule has 1 amide bonds. The van der Waals surface area contributed by atoms with Crippen molar-refractivity contribution < 1.29 is 24.2 Å². The van der Waals surface area contributed by atoms with Crippen LogP contribution in [0.3, 0.4) is 0 Å². The van der Waals surface area contributed by atoms with Crippen LogP contribution in [0.2, 0.25) is 0 Å². The molecule has 106 valence electrons. The van der Waals surface area contributed by atoms with Gasteiger partial charge < -0.3 is 19.9 Å². The predicted molar refractivity (Wildman–Crippen MR) is 69.0 cm³/mol. The number of hydrogen-bond donors (Lipinski definition) is 2. The van der Waals surface area contributed by atoms with Crippen LogP contribution in [0.1, 0.15) is 23.2 Å². The minimum Gasteiger partial charge on any atom is -0.486 e. The molecule has 1 aromatic carbocycles. The van der Waals surface area contributed by atoms with Gasteiger partial charge in [0.05, 0.1) is 11.5 Å². The molecule has 1 aliphatic heterocycles. The molecule has 1 saturated carbocycles. The van der Waals surface area contributed by atoms with Crippen molar-refractivity contribution in [2.45, 2.75) is 18.9 Å². The molecule has 0 unspecified atom stereocenters. The number of carbonyl (C=O) groups is 2. The Morgan fingerprint density at radius 1 is 1.20 bits per heavy atom. The van der Waals surface area contributed by atoms with E-state index in [2.05, 4.69) is 5.32 Å². The predicted octanol–water partition coefficient (Wildman–Crippen LogP) is 1.05. The van der Waals surface area contributed by atoms with Crippen LogP contribution in [0, 0.1) is 5.92 Å². The van der Waals surface area contributed by atoms with E-state index in [1.165, 1.54) is 0 Å². The maximum absolute atomic E-state index is 12.2. The second-order valence-electron chi connectivity index (χ2n) is 5.01. The van der Waals surface area contributed by atoms with Crippen LogP contribution < -0.4 is 14.8 Å². The van der Waals surface area contributed by atoms with Crippen molar-refractivity contribution in [1.82, 2.24) is 5.32 Å². The van der Waals surface area contributed by atoms with Crippen molar-refractivity contribution in [2.24, 2.45) is 5.92 Å². The monoisotopic (exact) mass is 277 g/mol. The summed E-state index contributed by atoms with van der Waals surface area (Å²) in [5.41, 5.74) is 0.431. The summed E-state index contributed by atoms with van der Waals surface area (Å²) >= 11 is 0. The quantitative estimate of drug-likeness (QED) is 0.862. The van der Waals surface area contributed by atoms with E-state index in [0.29, 0.717) is 43.1 Å². The number of para-hydroxylation sites is 1. The van der Waals surface area contributed by atoms with E-state index < -0.39 is 5.97 Å². The lowest BCUT2D eigenvalue weighted by Gasteiger charge is -2.33. The van der Waals surface area contributed by atoms with Gasteiger partial charge in [0.15, 0.2) is 11.5 Å². The number of carbonyl (C=O) groups excluding carboxylic acids is 1. The Bertz CT molecular complexity index is 550. The smallest absolute Gasteiger partial charge is 0.306 e. The molecule has 0 radical (unpaired) electrons. The second kappa shape index (κ2) is 5.03. The van der Waals surface area contributed by atoms with Gasteiger partial charge in [0.25, 0.3) is 5.91 Å². The van der Waals surface area contributed by atoms with Crippen LogP contribution in [0.25, 0.3) is 0 Å². The molecule has 3 rings (SSSR count). The largest absolute Gasteiger partial charge is 0.486 e. The average molecular weight is 277 g/mol. The van der Waals surface area contributed by atoms with E-state index in [-0.39, 0.29) is 17.9 Å². The summed E-state index contributed by atoms with van der Waals surface area (Å²) in [6.45, 7) is 0.892. The van der Waals surface area contributed by atoms with Gasteiger partial charge in [0, 0.05) is 6.04 Å². The Morgan fingerprint density at radius 2 is 1.95 bits per heavy atom. The van der Waals surface area contributed by atoms with Gasteiger partial charge in [-0.15, -0.1) is 0 Å². The summed E-state index contributed by atoms with van der Waals surface area (Å²) in [6, 6.07) is 5.10. The SMILES string of the molecule is O=C(NC1CC(C(=O)O)C1)c1cccc2c1OCCO2. The number of fused-ring (bicyclic) bond motifs is 1. The molecule has 0 spiro atoms. The van der Waals surface area contributed by atoms with E-state index in [0.717, 1.165) is 0 Å². The fourth-order valence-electron chi connectivity index (χ4n) is 2.45. The number of ether oxygens (including phenoxy) is 2. The number of hydrogen-bond acceptors (Lipinski definition) is 4. The topological polar surface area (TPSA) is 84.9 Å². The highest BCUT2D eigenvalue weighted by molar-refractivity contribution is 5.98. The Labute approximate surface area is 115 Å². The molecule has 6 nitrogen and oxygen atoms in total. The summed E-state index contributed by atoms with van der Waals surface area (Å²) < 4.78 is 10.9. The second-order valence-corrected chi connectivity index (χ2v) is 5.01. The lowest BCUT2D eigenvalue weighted by atomic mass is 9.80. The number of carboxylic acids is 1. The van der Waals surface area contributed by atoms with Crippen molar-refractivity contribution in [3.63, 3.8) is 0 Å². The summed E-state index contributed by atoms with van der Waals surface area (Å²) in [5.74, 6) is -0.360. The van der Waals surface area contributed by atoms with Crippen LogP contribution in [0.15, 0.2) is 18.2 Å². The molecular weight excluding hydrogens is 262 g/mol. The zero-order chi connectivity index (χ0) is 14.1. The van der Waals surface area contributed by atoms with E-state index in [1.54, 1.807) is 18.2 Å². The molecule has 6 heteroatoms. The Hall–Kier alpha value is -2.24. The van der Waals surface area contributed by atoms with Gasteiger partial charge >= 0.3 is 5.97 Å². The number of carboxylic acid groups (broad SMARTS) is 1.